The molecule has 0 aromatic carbocycles. The Labute approximate surface area is 96.9 Å². The van der Waals surface area contributed by atoms with Crippen LogP contribution < -0.4 is 5.73 Å². The minimum absolute atomic E-state index is 0.00106. The molecule has 0 unspecified atom stereocenters. The number of thiazole rings is 1. The van der Waals surface area contributed by atoms with Crippen molar-refractivity contribution in [2.75, 3.05) is 6.54 Å². The van der Waals surface area contributed by atoms with Crippen LogP contribution in [-0.2, 0) is 10.8 Å². The molecule has 2 nitrogen and oxygen atoms in total. The molecule has 0 saturated heterocycles. The van der Waals surface area contributed by atoms with Crippen LogP contribution in [0.4, 0.5) is 0 Å². The Morgan fingerprint density at radius 2 is 1.73 bits per heavy atom. The zero-order chi connectivity index (χ0) is 11.9. The molecular weight excluding hydrogens is 204 g/mol. The van der Waals surface area contributed by atoms with Gasteiger partial charge in [0.25, 0.3) is 0 Å². The second-order valence-corrected chi connectivity index (χ2v) is 6.97. The number of hydrogen-bond donors (Lipinski definition) is 1. The first kappa shape index (κ1) is 12.7. The summed E-state index contributed by atoms with van der Waals surface area (Å²) in [7, 11) is 0. The maximum Gasteiger partial charge on any atom is 0.1000 e. The van der Waals surface area contributed by atoms with Gasteiger partial charge in [-0.2, -0.15) is 0 Å². The van der Waals surface area contributed by atoms with E-state index >= 15 is 0 Å². The Morgan fingerprint density at radius 3 is 2.07 bits per heavy atom. The van der Waals surface area contributed by atoms with E-state index in [1.165, 1.54) is 10.6 Å². The van der Waals surface area contributed by atoms with Crippen LogP contribution in [-0.4, -0.2) is 11.5 Å². The van der Waals surface area contributed by atoms with Crippen LogP contribution in [0.15, 0.2) is 0 Å². The molecule has 1 rings (SSSR count). The third-order valence-corrected chi connectivity index (χ3v) is 3.93. The number of aryl methyl sites for hydroxylation is 1. The lowest BCUT2D eigenvalue weighted by molar-refractivity contribution is 0.519. The second-order valence-electron chi connectivity index (χ2n) is 5.76. The van der Waals surface area contributed by atoms with E-state index in [-0.39, 0.29) is 10.8 Å². The minimum atomic E-state index is -0.00106. The third-order valence-electron chi connectivity index (χ3n) is 2.60. The maximum atomic E-state index is 5.77. The Morgan fingerprint density at radius 1 is 1.20 bits per heavy atom. The number of aromatic nitrogens is 1. The van der Waals surface area contributed by atoms with E-state index in [9.17, 15) is 0 Å². The molecule has 0 aliphatic rings. The molecule has 1 aromatic rings. The van der Waals surface area contributed by atoms with Crippen molar-refractivity contribution < 1.29 is 0 Å². The van der Waals surface area contributed by atoms with E-state index < -0.39 is 0 Å². The highest BCUT2D eigenvalue weighted by Gasteiger charge is 2.27. The van der Waals surface area contributed by atoms with E-state index in [0.717, 1.165) is 5.01 Å². The topological polar surface area (TPSA) is 38.9 Å². The van der Waals surface area contributed by atoms with Gasteiger partial charge in [-0.25, -0.2) is 4.98 Å². The Balaban J connectivity index is 3.17. The van der Waals surface area contributed by atoms with Crippen molar-refractivity contribution in [2.45, 2.75) is 52.4 Å². The van der Waals surface area contributed by atoms with Gasteiger partial charge in [-0.15, -0.1) is 11.3 Å². The molecule has 0 saturated carbocycles. The lowest BCUT2D eigenvalue weighted by Crippen LogP contribution is -2.28. The van der Waals surface area contributed by atoms with E-state index in [0.29, 0.717) is 6.54 Å². The first-order chi connectivity index (χ1) is 6.68. The van der Waals surface area contributed by atoms with Crippen molar-refractivity contribution in [3.05, 3.63) is 15.6 Å². The van der Waals surface area contributed by atoms with Crippen molar-refractivity contribution in [1.29, 1.82) is 0 Å². The predicted molar refractivity (Wildman–Crippen MR) is 67.6 cm³/mol. The summed E-state index contributed by atoms with van der Waals surface area (Å²) >= 11 is 1.78. The second kappa shape index (κ2) is 3.87. The van der Waals surface area contributed by atoms with Crippen molar-refractivity contribution in [1.82, 2.24) is 4.98 Å². The van der Waals surface area contributed by atoms with Gasteiger partial charge in [0.05, 0.1) is 10.7 Å². The van der Waals surface area contributed by atoms with Gasteiger partial charge in [0.1, 0.15) is 0 Å². The van der Waals surface area contributed by atoms with Crippen molar-refractivity contribution in [2.24, 2.45) is 5.73 Å². The quantitative estimate of drug-likeness (QED) is 0.842. The van der Waals surface area contributed by atoms with E-state index in [4.69, 9.17) is 10.7 Å². The Kier molecular flexibility index (Phi) is 3.27. The molecule has 86 valence electrons. The molecule has 0 aliphatic carbocycles. The number of nitrogens with two attached hydrogens (primary N) is 1. The van der Waals surface area contributed by atoms with E-state index in [2.05, 4.69) is 41.5 Å². The van der Waals surface area contributed by atoms with E-state index in [1.807, 2.05) is 0 Å². The van der Waals surface area contributed by atoms with Crippen LogP contribution in [0.3, 0.4) is 0 Å². The molecule has 0 atom stereocenters. The first-order valence-electron chi connectivity index (χ1n) is 5.37. The predicted octanol–water partition coefficient (Wildman–Crippen LogP) is 2.99. The summed E-state index contributed by atoms with van der Waals surface area (Å²) in [6, 6.07) is 0. The SMILES string of the molecule is Cc1sc(C(C)(C)CN)nc1C(C)(C)C. The van der Waals surface area contributed by atoms with Crippen LogP contribution in [0.5, 0.6) is 0 Å². The van der Waals surface area contributed by atoms with Gasteiger partial charge in [0.15, 0.2) is 0 Å². The molecule has 0 aliphatic heterocycles. The maximum absolute atomic E-state index is 5.77. The summed E-state index contributed by atoms with van der Waals surface area (Å²) < 4.78 is 0. The zero-order valence-corrected chi connectivity index (χ0v) is 11.5. The molecular formula is C12H22N2S. The van der Waals surface area contributed by atoms with Crippen LogP contribution in [0, 0.1) is 6.92 Å². The Hall–Kier alpha value is -0.410. The molecule has 0 amide bonds. The standard InChI is InChI=1S/C12H22N2S/c1-8-9(11(2,3)4)14-10(15-8)12(5,6)7-13/h7,13H2,1-6H3. The fourth-order valence-corrected chi connectivity index (χ4v) is 2.70. The van der Waals surface area contributed by atoms with Crippen LogP contribution in [0.25, 0.3) is 0 Å². The van der Waals surface area contributed by atoms with Crippen molar-refractivity contribution in [3.63, 3.8) is 0 Å². The monoisotopic (exact) mass is 226 g/mol. The molecule has 0 spiro atoms. The van der Waals surface area contributed by atoms with Crippen molar-refractivity contribution >= 4 is 11.3 Å². The summed E-state index contributed by atoms with van der Waals surface area (Å²) in [6.45, 7) is 13.7. The van der Waals surface area contributed by atoms with Gasteiger partial charge >= 0.3 is 0 Å². The first-order valence-corrected chi connectivity index (χ1v) is 6.18. The normalized spacial score (nSPS) is 13.3. The number of hydrogen-bond acceptors (Lipinski definition) is 3. The van der Waals surface area contributed by atoms with Crippen LogP contribution in [0.1, 0.15) is 50.2 Å². The summed E-state index contributed by atoms with van der Waals surface area (Å²) in [5.74, 6) is 0. The van der Waals surface area contributed by atoms with Crippen LogP contribution >= 0.6 is 11.3 Å². The van der Waals surface area contributed by atoms with Crippen LogP contribution in [0.2, 0.25) is 0 Å². The van der Waals surface area contributed by atoms with Gasteiger partial charge < -0.3 is 5.73 Å². The van der Waals surface area contributed by atoms with Gasteiger partial charge in [-0.05, 0) is 6.92 Å². The zero-order valence-electron chi connectivity index (χ0n) is 10.6. The molecule has 0 bridgehead atoms. The summed E-state index contributed by atoms with van der Waals surface area (Å²) in [5.41, 5.74) is 7.11. The lowest BCUT2D eigenvalue weighted by Gasteiger charge is -2.20. The number of rotatable bonds is 2. The molecule has 3 heteroatoms. The highest BCUT2D eigenvalue weighted by atomic mass is 32.1. The molecule has 0 fully saturated rings. The number of nitrogens with zero attached hydrogens (tertiary/aromatic N) is 1. The smallest absolute Gasteiger partial charge is 0.1000 e. The average Bonchev–Trinajstić information content (AvgIpc) is 2.47. The molecule has 1 heterocycles. The van der Waals surface area contributed by atoms with Gasteiger partial charge in [-0.1, -0.05) is 34.6 Å². The Bertz CT molecular complexity index is 345. The highest BCUT2D eigenvalue weighted by Crippen LogP contribution is 2.33. The highest BCUT2D eigenvalue weighted by molar-refractivity contribution is 7.11. The van der Waals surface area contributed by atoms with Gasteiger partial charge in [-0.3, -0.25) is 0 Å². The fourth-order valence-electron chi connectivity index (χ4n) is 1.47. The molecule has 15 heavy (non-hydrogen) atoms. The molecule has 1 aromatic heterocycles. The third kappa shape index (κ3) is 2.58. The van der Waals surface area contributed by atoms with Gasteiger partial charge in [0, 0.05) is 22.3 Å². The molecule has 0 radical (unpaired) electrons. The van der Waals surface area contributed by atoms with E-state index in [1.54, 1.807) is 11.3 Å². The minimum Gasteiger partial charge on any atom is -0.330 e. The summed E-state index contributed by atoms with van der Waals surface area (Å²) in [6.07, 6.45) is 0. The van der Waals surface area contributed by atoms with Gasteiger partial charge in [0.2, 0.25) is 0 Å². The van der Waals surface area contributed by atoms with Crippen molar-refractivity contribution in [3.8, 4) is 0 Å². The lowest BCUT2D eigenvalue weighted by atomic mass is 9.90. The summed E-state index contributed by atoms with van der Waals surface area (Å²) in [5, 5.41) is 1.16. The largest absolute Gasteiger partial charge is 0.330 e. The average molecular weight is 226 g/mol. The summed E-state index contributed by atoms with van der Waals surface area (Å²) in [4.78, 5) is 6.08. The molecule has 2 N–H and O–H groups in total. The fraction of sp³-hybridized carbons (Fsp3) is 0.750.